The fraction of sp³-hybridized carbons (Fsp3) is 0.429. The lowest BCUT2D eigenvalue weighted by atomic mass is 9.80. The van der Waals surface area contributed by atoms with Crippen LogP contribution < -0.4 is 10.6 Å². The summed E-state index contributed by atoms with van der Waals surface area (Å²) in [5.41, 5.74) is -0.352. The number of nitrogens with one attached hydrogen (secondary N) is 2. The van der Waals surface area contributed by atoms with Crippen molar-refractivity contribution in [1.82, 2.24) is 5.32 Å². The van der Waals surface area contributed by atoms with Crippen molar-refractivity contribution in [3.8, 4) is 5.75 Å². The van der Waals surface area contributed by atoms with Gasteiger partial charge in [-0.1, -0.05) is 0 Å². The summed E-state index contributed by atoms with van der Waals surface area (Å²) in [5.74, 6) is -1.40. The van der Waals surface area contributed by atoms with Crippen molar-refractivity contribution < 1.29 is 24.5 Å². The Hall–Kier alpha value is -2.28. The summed E-state index contributed by atoms with van der Waals surface area (Å²) < 4.78 is 5.38. The molecule has 2 rings (SSSR count). The number of hydrogen-bond donors (Lipinski definition) is 4. The Morgan fingerprint density at radius 3 is 2.62 bits per heavy atom. The highest BCUT2D eigenvalue weighted by Crippen LogP contribution is 2.34. The van der Waals surface area contributed by atoms with Crippen molar-refractivity contribution in [2.24, 2.45) is 0 Å². The number of carbonyl (C=O) groups excluding carboxylic acids is 1. The molecule has 0 radical (unpaired) electrons. The van der Waals surface area contributed by atoms with Gasteiger partial charge in [-0.3, -0.25) is 0 Å². The molecule has 1 aliphatic rings. The second kappa shape index (κ2) is 6.01. The van der Waals surface area contributed by atoms with E-state index in [1.54, 1.807) is 7.11 Å². The molecule has 1 aromatic carbocycles. The van der Waals surface area contributed by atoms with Crippen molar-refractivity contribution in [1.29, 1.82) is 0 Å². The fourth-order valence-corrected chi connectivity index (χ4v) is 2.25. The molecule has 21 heavy (non-hydrogen) atoms. The lowest BCUT2D eigenvalue weighted by Gasteiger charge is -2.40. The zero-order chi connectivity index (χ0) is 15.5. The highest BCUT2D eigenvalue weighted by molar-refractivity contribution is 6.00. The molecule has 114 valence electrons. The van der Waals surface area contributed by atoms with Crippen molar-refractivity contribution in [3.05, 3.63) is 23.8 Å². The van der Waals surface area contributed by atoms with Crippen molar-refractivity contribution in [2.75, 3.05) is 19.0 Å². The maximum absolute atomic E-state index is 11.8. The Morgan fingerprint density at radius 2 is 2.10 bits per heavy atom. The molecule has 7 heteroatoms. The van der Waals surface area contributed by atoms with Crippen LogP contribution in [0.3, 0.4) is 0 Å². The summed E-state index contributed by atoms with van der Waals surface area (Å²) in [6.07, 6.45) is 2.85. The first kappa shape index (κ1) is 15.1. The van der Waals surface area contributed by atoms with Crippen LogP contribution in [-0.4, -0.2) is 41.5 Å². The lowest BCUT2D eigenvalue weighted by molar-refractivity contribution is -0.0671. The van der Waals surface area contributed by atoms with Crippen LogP contribution in [0, 0.1) is 0 Å². The third kappa shape index (κ3) is 3.43. The average Bonchev–Trinajstić information content (AvgIpc) is 2.40. The van der Waals surface area contributed by atoms with Gasteiger partial charge in [0, 0.05) is 13.7 Å². The van der Waals surface area contributed by atoms with Gasteiger partial charge in [0.25, 0.3) is 0 Å². The first-order valence-electron chi connectivity index (χ1n) is 6.62. The average molecular weight is 294 g/mol. The van der Waals surface area contributed by atoms with E-state index in [9.17, 15) is 14.7 Å². The molecule has 0 aromatic heterocycles. The normalized spacial score (nSPS) is 15.9. The van der Waals surface area contributed by atoms with Crippen LogP contribution in [0.2, 0.25) is 0 Å². The molecule has 0 unspecified atom stereocenters. The molecule has 0 heterocycles. The van der Waals surface area contributed by atoms with Crippen molar-refractivity contribution in [2.45, 2.75) is 24.9 Å². The van der Waals surface area contributed by atoms with Gasteiger partial charge in [-0.15, -0.1) is 0 Å². The number of urea groups is 1. The molecule has 7 nitrogen and oxygen atoms in total. The van der Waals surface area contributed by atoms with E-state index in [4.69, 9.17) is 9.84 Å². The van der Waals surface area contributed by atoms with Gasteiger partial charge in [0.15, 0.2) is 0 Å². The van der Waals surface area contributed by atoms with Crippen LogP contribution in [0.1, 0.15) is 29.6 Å². The van der Waals surface area contributed by atoms with Crippen LogP contribution in [0.25, 0.3) is 0 Å². The van der Waals surface area contributed by atoms with Crippen LogP contribution in [0.4, 0.5) is 10.5 Å². The molecule has 1 aromatic rings. The molecular weight excluding hydrogens is 276 g/mol. The quantitative estimate of drug-likeness (QED) is 0.619. The van der Waals surface area contributed by atoms with Gasteiger partial charge >= 0.3 is 12.0 Å². The molecule has 1 aliphatic carbocycles. The Morgan fingerprint density at radius 1 is 1.38 bits per heavy atom. The highest BCUT2D eigenvalue weighted by atomic mass is 16.5. The lowest BCUT2D eigenvalue weighted by Crippen LogP contribution is -2.50. The number of methoxy groups -OCH3 is 1. The molecule has 4 N–H and O–H groups in total. The topological polar surface area (TPSA) is 108 Å². The zero-order valence-corrected chi connectivity index (χ0v) is 11.7. The summed E-state index contributed by atoms with van der Waals surface area (Å²) in [4.78, 5) is 22.9. The van der Waals surface area contributed by atoms with E-state index in [0.717, 1.165) is 25.3 Å². The number of carbonyl (C=O) groups is 2. The minimum absolute atomic E-state index is 0.123. The van der Waals surface area contributed by atoms with E-state index in [-0.39, 0.29) is 22.6 Å². The molecule has 0 spiro atoms. The third-order valence-electron chi connectivity index (χ3n) is 3.75. The first-order valence-corrected chi connectivity index (χ1v) is 6.62. The van der Waals surface area contributed by atoms with Gasteiger partial charge in [0.2, 0.25) is 0 Å². The Bertz CT molecular complexity index is 549. The Kier molecular flexibility index (Phi) is 4.32. The number of carboxylic acids is 1. The predicted molar refractivity (Wildman–Crippen MR) is 75.7 cm³/mol. The van der Waals surface area contributed by atoms with Gasteiger partial charge < -0.3 is 25.6 Å². The van der Waals surface area contributed by atoms with Crippen LogP contribution in [0.5, 0.6) is 5.75 Å². The van der Waals surface area contributed by atoms with Crippen LogP contribution in [0.15, 0.2) is 18.2 Å². The number of hydrogen-bond acceptors (Lipinski definition) is 4. The van der Waals surface area contributed by atoms with Crippen LogP contribution in [-0.2, 0) is 4.74 Å². The number of phenols is 1. The van der Waals surface area contributed by atoms with Gasteiger partial charge in [-0.2, -0.15) is 0 Å². The highest BCUT2D eigenvalue weighted by Gasteiger charge is 2.37. The maximum Gasteiger partial charge on any atom is 0.337 e. The first-order chi connectivity index (χ1) is 9.96. The number of aromatic carboxylic acids is 1. The summed E-state index contributed by atoms with van der Waals surface area (Å²) in [6.45, 7) is 0.371. The standard InChI is InChI=1S/C14H18N2O5/c1-21-14(5-2-6-14)8-15-13(20)16-11-4-3-9(17)7-10(11)12(18)19/h3-4,7,17H,2,5-6,8H2,1H3,(H,18,19)(H2,15,16,20). The van der Waals surface area contributed by atoms with E-state index in [2.05, 4.69) is 10.6 Å². The molecule has 1 saturated carbocycles. The zero-order valence-electron chi connectivity index (χ0n) is 11.7. The molecule has 1 fully saturated rings. The second-order valence-corrected chi connectivity index (χ2v) is 5.08. The number of benzene rings is 1. The number of anilines is 1. The minimum atomic E-state index is -1.23. The number of aromatic hydroxyl groups is 1. The van der Waals surface area contributed by atoms with Gasteiger partial charge in [-0.25, -0.2) is 9.59 Å². The SMILES string of the molecule is COC1(CNC(=O)Nc2ccc(O)cc2C(=O)O)CCC1. The second-order valence-electron chi connectivity index (χ2n) is 5.08. The number of phenolic OH excluding ortho intramolecular Hbond substituents is 1. The van der Waals surface area contributed by atoms with Gasteiger partial charge in [0.1, 0.15) is 5.75 Å². The van der Waals surface area contributed by atoms with Crippen molar-refractivity contribution in [3.63, 3.8) is 0 Å². The van der Waals surface area contributed by atoms with E-state index in [1.807, 2.05) is 0 Å². The molecule has 0 aliphatic heterocycles. The largest absolute Gasteiger partial charge is 0.508 e. The third-order valence-corrected chi connectivity index (χ3v) is 3.75. The summed E-state index contributed by atoms with van der Waals surface area (Å²) in [5, 5.41) is 23.5. The Labute approximate surface area is 121 Å². The van der Waals surface area contributed by atoms with Crippen molar-refractivity contribution >= 4 is 17.7 Å². The van der Waals surface area contributed by atoms with E-state index in [0.29, 0.717) is 6.54 Å². The molecular formula is C14H18N2O5. The van der Waals surface area contributed by atoms with E-state index in [1.165, 1.54) is 12.1 Å². The molecule has 0 atom stereocenters. The number of ether oxygens (including phenoxy) is 1. The van der Waals surface area contributed by atoms with Gasteiger partial charge in [0.05, 0.1) is 16.9 Å². The fourth-order valence-electron chi connectivity index (χ4n) is 2.25. The van der Waals surface area contributed by atoms with E-state index >= 15 is 0 Å². The molecule has 2 amide bonds. The number of amides is 2. The maximum atomic E-state index is 11.8. The van der Waals surface area contributed by atoms with E-state index < -0.39 is 12.0 Å². The summed E-state index contributed by atoms with van der Waals surface area (Å²) in [7, 11) is 1.61. The summed E-state index contributed by atoms with van der Waals surface area (Å²) >= 11 is 0. The number of carboxylic acid groups (broad SMARTS) is 1. The smallest absolute Gasteiger partial charge is 0.337 e. The number of rotatable bonds is 5. The molecule has 0 bridgehead atoms. The predicted octanol–water partition coefficient (Wildman–Crippen LogP) is 1.78. The summed E-state index contributed by atoms with van der Waals surface area (Å²) in [6, 6.07) is 3.23. The van der Waals surface area contributed by atoms with Crippen LogP contribution >= 0.6 is 0 Å². The Balaban J connectivity index is 1.98. The monoisotopic (exact) mass is 294 g/mol. The minimum Gasteiger partial charge on any atom is -0.508 e. The van der Waals surface area contributed by atoms with Gasteiger partial charge in [-0.05, 0) is 37.5 Å². The molecule has 0 saturated heterocycles.